The Hall–Kier alpha value is -1.89. The molecule has 7 heteroatoms. The Balaban J connectivity index is 2.58. The van der Waals surface area contributed by atoms with E-state index in [-0.39, 0.29) is 16.1 Å². The van der Waals surface area contributed by atoms with E-state index in [1.54, 1.807) is 0 Å². The van der Waals surface area contributed by atoms with Gasteiger partial charge >= 0.3 is 5.97 Å². The zero-order valence-corrected chi connectivity index (χ0v) is 10.8. The number of carbonyl (C=O) groups is 1. The van der Waals surface area contributed by atoms with E-state index in [0.717, 1.165) is 0 Å². The van der Waals surface area contributed by atoms with Gasteiger partial charge in [-0.1, -0.05) is 0 Å². The fraction of sp³-hybridized carbons (Fsp3) is 0.0909. The molecule has 18 heavy (non-hydrogen) atoms. The summed E-state index contributed by atoms with van der Waals surface area (Å²) >= 11 is 3.05. The molecule has 0 bridgehead atoms. The molecule has 2 aromatic rings. The largest absolute Gasteiger partial charge is 0.496 e. The first kappa shape index (κ1) is 12.6. The normalized spacial score (nSPS) is 10.4. The molecular weight excluding hydrogens is 307 g/mol. The maximum Gasteiger partial charge on any atom is 0.357 e. The lowest BCUT2D eigenvalue weighted by atomic mass is 10.2. The van der Waals surface area contributed by atoms with Crippen molar-refractivity contribution in [3.63, 3.8) is 0 Å². The number of H-pyrrole nitrogens is 1. The number of nitrogens with one attached hydrogen (secondary N) is 1. The molecule has 0 aliphatic rings. The number of aromatic nitrogens is 2. The van der Waals surface area contributed by atoms with Crippen LogP contribution in [0.15, 0.2) is 22.8 Å². The summed E-state index contributed by atoms with van der Waals surface area (Å²) in [5.74, 6) is -1.03. The van der Waals surface area contributed by atoms with E-state index in [0.29, 0.717) is 11.3 Å². The second kappa shape index (κ2) is 4.77. The number of methoxy groups -OCH3 is 1. The quantitative estimate of drug-likeness (QED) is 0.913. The van der Waals surface area contributed by atoms with Crippen LogP contribution in [0.3, 0.4) is 0 Å². The monoisotopic (exact) mass is 314 g/mol. The summed E-state index contributed by atoms with van der Waals surface area (Å²) in [4.78, 5) is 17.5. The van der Waals surface area contributed by atoms with E-state index in [9.17, 15) is 9.18 Å². The van der Waals surface area contributed by atoms with Gasteiger partial charge in [0.25, 0.3) is 0 Å². The van der Waals surface area contributed by atoms with Crippen molar-refractivity contribution >= 4 is 21.9 Å². The predicted molar refractivity (Wildman–Crippen MR) is 65.2 cm³/mol. The number of hydrogen-bond acceptors (Lipinski definition) is 3. The number of aromatic amines is 1. The van der Waals surface area contributed by atoms with Crippen LogP contribution in [0.25, 0.3) is 11.4 Å². The van der Waals surface area contributed by atoms with Crippen LogP contribution >= 0.6 is 15.9 Å². The van der Waals surface area contributed by atoms with E-state index >= 15 is 0 Å². The van der Waals surface area contributed by atoms with Crippen LogP contribution in [-0.4, -0.2) is 28.2 Å². The van der Waals surface area contributed by atoms with Gasteiger partial charge in [-0.25, -0.2) is 14.2 Å². The van der Waals surface area contributed by atoms with Crippen LogP contribution in [0.1, 0.15) is 10.5 Å². The molecule has 1 aromatic carbocycles. The molecule has 0 saturated heterocycles. The fourth-order valence-corrected chi connectivity index (χ4v) is 1.93. The number of hydrogen-bond donors (Lipinski definition) is 2. The van der Waals surface area contributed by atoms with Gasteiger partial charge in [0.15, 0.2) is 5.69 Å². The Bertz CT molecular complexity index is 612. The Morgan fingerprint density at radius 3 is 2.83 bits per heavy atom. The van der Waals surface area contributed by atoms with E-state index in [2.05, 4.69) is 25.9 Å². The Labute approximate surface area is 110 Å². The summed E-state index contributed by atoms with van der Waals surface area (Å²) in [5, 5.41) is 8.89. The number of rotatable bonds is 3. The molecule has 0 radical (unpaired) electrons. The van der Waals surface area contributed by atoms with Crippen molar-refractivity contribution in [2.24, 2.45) is 0 Å². The fourth-order valence-electron chi connectivity index (χ4n) is 1.49. The topological polar surface area (TPSA) is 75.2 Å². The average molecular weight is 315 g/mol. The van der Waals surface area contributed by atoms with Gasteiger partial charge in [-0.15, -0.1) is 0 Å². The number of imidazole rings is 1. The molecule has 0 aliphatic heterocycles. The van der Waals surface area contributed by atoms with Gasteiger partial charge in [-0.3, -0.25) is 0 Å². The summed E-state index contributed by atoms with van der Waals surface area (Å²) < 4.78 is 18.5. The molecule has 94 valence electrons. The summed E-state index contributed by atoms with van der Waals surface area (Å²) in [6.07, 6.45) is 0. The molecule has 5 nitrogen and oxygen atoms in total. The van der Waals surface area contributed by atoms with E-state index < -0.39 is 11.8 Å². The molecule has 1 heterocycles. The van der Waals surface area contributed by atoms with Crippen LogP contribution in [0.2, 0.25) is 0 Å². The van der Waals surface area contributed by atoms with Gasteiger partial charge in [-0.2, -0.15) is 0 Å². The van der Waals surface area contributed by atoms with Gasteiger partial charge in [0.2, 0.25) is 0 Å². The minimum Gasteiger partial charge on any atom is -0.496 e. The number of halogens is 2. The SMILES string of the molecule is COc1ccc(F)cc1-c1nc(C(=O)O)c(Br)[nH]1. The van der Waals surface area contributed by atoms with Gasteiger partial charge in [0, 0.05) is 0 Å². The molecule has 0 unspecified atom stereocenters. The molecule has 2 N–H and O–H groups in total. The van der Waals surface area contributed by atoms with E-state index in [1.165, 1.54) is 25.3 Å². The third-order valence-electron chi connectivity index (χ3n) is 2.28. The second-order valence-corrected chi connectivity index (χ2v) is 4.19. The Morgan fingerprint density at radius 2 is 2.28 bits per heavy atom. The number of carboxylic acids is 1. The van der Waals surface area contributed by atoms with Gasteiger partial charge in [0.1, 0.15) is 22.0 Å². The van der Waals surface area contributed by atoms with Crippen LogP contribution in [0.4, 0.5) is 4.39 Å². The number of nitrogens with zero attached hydrogens (tertiary/aromatic N) is 1. The van der Waals surface area contributed by atoms with Crippen LogP contribution < -0.4 is 4.74 Å². The van der Waals surface area contributed by atoms with Crippen LogP contribution in [-0.2, 0) is 0 Å². The molecule has 0 amide bonds. The van der Waals surface area contributed by atoms with E-state index in [1.807, 2.05) is 0 Å². The lowest BCUT2D eigenvalue weighted by molar-refractivity contribution is 0.0690. The highest BCUT2D eigenvalue weighted by molar-refractivity contribution is 9.10. The van der Waals surface area contributed by atoms with Crippen molar-refractivity contribution in [2.45, 2.75) is 0 Å². The van der Waals surface area contributed by atoms with Gasteiger partial charge < -0.3 is 14.8 Å². The predicted octanol–water partition coefficient (Wildman–Crippen LogP) is 2.69. The minimum atomic E-state index is -1.18. The third-order valence-corrected chi connectivity index (χ3v) is 2.85. The minimum absolute atomic E-state index is 0.170. The number of carboxylic acid groups (broad SMARTS) is 1. The first-order valence-corrected chi connectivity index (χ1v) is 5.65. The molecule has 0 fully saturated rings. The molecule has 0 aliphatic carbocycles. The lowest BCUT2D eigenvalue weighted by Crippen LogP contribution is -1.97. The third kappa shape index (κ3) is 2.21. The summed E-state index contributed by atoms with van der Waals surface area (Å²) in [6, 6.07) is 3.91. The Morgan fingerprint density at radius 1 is 1.56 bits per heavy atom. The maximum absolute atomic E-state index is 13.2. The van der Waals surface area contributed by atoms with Crippen molar-refractivity contribution in [1.82, 2.24) is 9.97 Å². The van der Waals surface area contributed by atoms with Crippen molar-refractivity contribution in [3.05, 3.63) is 34.3 Å². The summed E-state index contributed by atoms with van der Waals surface area (Å²) in [6.45, 7) is 0. The van der Waals surface area contributed by atoms with E-state index in [4.69, 9.17) is 9.84 Å². The van der Waals surface area contributed by atoms with Gasteiger partial charge in [-0.05, 0) is 34.1 Å². The number of aromatic carboxylic acids is 1. The molecule has 0 atom stereocenters. The highest BCUT2D eigenvalue weighted by atomic mass is 79.9. The molecule has 1 aromatic heterocycles. The first-order valence-electron chi connectivity index (χ1n) is 4.85. The van der Waals surface area contributed by atoms with Crippen molar-refractivity contribution < 1.29 is 19.0 Å². The maximum atomic E-state index is 13.2. The van der Waals surface area contributed by atoms with Crippen LogP contribution in [0.5, 0.6) is 5.75 Å². The molecular formula is C11H8BrFN2O3. The molecule has 0 spiro atoms. The Kier molecular flexibility index (Phi) is 3.33. The lowest BCUT2D eigenvalue weighted by Gasteiger charge is -2.05. The molecule has 2 rings (SSSR count). The highest BCUT2D eigenvalue weighted by Crippen LogP contribution is 2.30. The summed E-state index contributed by atoms with van der Waals surface area (Å²) in [7, 11) is 1.44. The number of benzene rings is 1. The highest BCUT2D eigenvalue weighted by Gasteiger charge is 2.18. The zero-order chi connectivity index (χ0) is 13.3. The number of ether oxygens (including phenoxy) is 1. The zero-order valence-electron chi connectivity index (χ0n) is 9.20. The van der Waals surface area contributed by atoms with Crippen molar-refractivity contribution in [3.8, 4) is 17.1 Å². The molecule has 0 saturated carbocycles. The van der Waals surface area contributed by atoms with Crippen LogP contribution in [0, 0.1) is 5.82 Å². The van der Waals surface area contributed by atoms with Crippen molar-refractivity contribution in [2.75, 3.05) is 7.11 Å². The van der Waals surface area contributed by atoms with Gasteiger partial charge in [0.05, 0.1) is 12.7 Å². The first-order chi connectivity index (χ1) is 8.52. The standard InChI is InChI=1S/C11H8BrFN2O3/c1-18-7-3-2-5(13)4-6(7)10-14-8(11(16)17)9(12)15-10/h2-4H,1H3,(H,14,15)(H,16,17). The summed E-state index contributed by atoms with van der Waals surface area (Å²) in [5.41, 5.74) is 0.182. The smallest absolute Gasteiger partial charge is 0.357 e. The van der Waals surface area contributed by atoms with Crippen molar-refractivity contribution in [1.29, 1.82) is 0 Å². The second-order valence-electron chi connectivity index (χ2n) is 3.40. The average Bonchev–Trinajstić information content (AvgIpc) is 2.71.